The van der Waals surface area contributed by atoms with Crippen LogP contribution in [-0.2, 0) is 24.0 Å². The van der Waals surface area contributed by atoms with Crippen molar-refractivity contribution in [3.63, 3.8) is 0 Å². The molecule has 2 unspecified atom stereocenters. The van der Waals surface area contributed by atoms with Crippen LogP contribution < -0.4 is 0 Å². The van der Waals surface area contributed by atoms with E-state index in [0.717, 1.165) is 6.08 Å². The van der Waals surface area contributed by atoms with Crippen molar-refractivity contribution in [2.45, 2.75) is 44.7 Å². The number of rotatable bonds is 7. The molecule has 1 aromatic carbocycles. The quantitative estimate of drug-likeness (QED) is 0.255. The third-order valence-corrected chi connectivity index (χ3v) is 7.04. The fourth-order valence-corrected chi connectivity index (χ4v) is 4.92. The number of oxime groups is 2. The van der Waals surface area contributed by atoms with Crippen LogP contribution in [0.25, 0.3) is 0 Å². The van der Waals surface area contributed by atoms with Gasteiger partial charge in [0, 0.05) is 12.0 Å². The van der Waals surface area contributed by atoms with Crippen LogP contribution in [0.1, 0.15) is 41.3 Å². The number of carbonyl (C=O) groups excluding carboxylic acids is 3. The van der Waals surface area contributed by atoms with Gasteiger partial charge >= 0.3 is 12.1 Å². The van der Waals surface area contributed by atoms with Crippen LogP contribution in [0.15, 0.2) is 50.5 Å². The highest BCUT2D eigenvalue weighted by Crippen LogP contribution is 2.53. The number of benzene rings is 1. The molecule has 9 nitrogen and oxygen atoms in total. The summed E-state index contributed by atoms with van der Waals surface area (Å²) in [6.45, 7) is 3.19. The molecule has 208 valence electrons. The molecule has 1 aliphatic carbocycles. The lowest BCUT2D eigenvalue weighted by Gasteiger charge is -2.33. The number of carbonyl (C=O) groups is 3. The minimum absolute atomic E-state index is 0.0270. The lowest BCUT2D eigenvalue weighted by Crippen LogP contribution is -2.51. The van der Waals surface area contributed by atoms with Crippen molar-refractivity contribution in [2.24, 2.45) is 16.2 Å². The Kier molecular flexibility index (Phi) is 7.77. The van der Waals surface area contributed by atoms with E-state index in [-0.39, 0.29) is 47.6 Å². The summed E-state index contributed by atoms with van der Waals surface area (Å²) in [6.07, 6.45) is -6.17. The summed E-state index contributed by atoms with van der Waals surface area (Å²) in [6, 6.07) is 4.00. The van der Waals surface area contributed by atoms with E-state index in [4.69, 9.17) is 37.6 Å². The third kappa shape index (κ3) is 5.00. The average molecular weight is 592 g/mol. The molecule has 0 bridgehead atoms. The van der Waals surface area contributed by atoms with Crippen molar-refractivity contribution >= 4 is 52.9 Å². The molecule has 0 saturated heterocycles. The maximum Gasteiger partial charge on any atom is 0.432 e. The minimum Gasteiger partial charge on any atom is -0.461 e. The molecule has 0 fully saturated rings. The number of amides is 2. The standard InChI is InChI=1S/C24H19Cl2F4N3O6/c1-3-37-22(36)16-8-18(38-31-16)33(10-34)21(35)13-5-4-12(6-11(13)2)17-9-23(39-32-17,24(28,29)30)14-7-15(25)20(27)19(14)26/h4-7,10,14,18H,3,8-9H2,1-2H3/t14?,18?,23-/m0/s1. The van der Waals surface area contributed by atoms with Gasteiger partial charge in [0.15, 0.2) is 11.5 Å². The first-order valence-electron chi connectivity index (χ1n) is 11.4. The highest BCUT2D eigenvalue weighted by molar-refractivity contribution is 6.37. The Bertz CT molecular complexity index is 1360. The first kappa shape index (κ1) is 28.6. The molecule has 15 heteroatoms. The fourth-order valence-electron chi connectivity index (χ4n) is 4.30. The van der Waals surface area contributed by atoms with Gasteiger partial charge in [0.2, 0.25) is 18.2 Å². The summed E-state index contributed by atoms with van der Waals surface area (Å²) >= 11 is 11.5. The van der Waals surface area contributed by atoms with Crippen molar-refractivity contribution in [1.82, 2.24) is 4.90 Å². The van der Waals surface area contributed by atoms with E-state index in [9.17, 15) is 31.9 Å². The van der Waals surface area contributed by atoms with Crippen molar-refractivity contribution in [1.29, 1.82) is 0 Å². The van der Waals surface area contributed by atoms with Crippen LogP contribution >= 0.6 is 23.2 Å². The van der Waals surface area contributed by atoms with Crippen LogP contribution in [0.4, 0.5) is 17.6 Å². The number of halogens is 6. The second kappa shape index (κ2) is 10.6. The molecule has 0 N–H and O–H groups in total. The van der Waals surface area contributed by atoms with Gasteiger partial charge in [-0.05, 0) is 43.2 Å². The summed E-state index contributed by atoms with van der Waals surface area (Å²) in [5, 5.41) is 5.88. The van der Waals surface area contributed by atoms with Crippen LogP contribution in [0.2, 0.25) is 0 Å². The van der Waals surface area contributed by atoms with Gasteiger partial charge in [0.05, 0.1) is 34.7 Å². The van der Waals surface area contributed by atoms with Crippen molar-refractivity contribution in [3.05, 3.63) is 56.9 Å². The lowest BCUT2D eigenvalue weighted by atomic mass is 9.82. The normalized spacial score (nSPS) is 24.5. The second-order valence-corrected chi connectivity index (χ2v) is 9.53. The van der Waals surface area contributed by atoms with E-state index in [1.165, 1.54) is 25.1 Å². The van der Waals surface area contributed by atoms with Gasteiger partial charge in [-0.2, -0.15) is 13.2 Å². The third-order valence-electron chi connectivity index (χ3n) is 6.35. The number of esters is 1. The highest BCUT2D eigenvalue weighted by atomic mass is 35.5. The zero-order valence-corrected chi connectivity index (χ0v) is 21.7. The number of hydrogen-bond donors (Lipinski definition) is 0. The predicted molar refractivity (Wildman–Crippen MR) is 129 cm³/mol. The van der Waals surface area contributed by atoms with Crippen molar-refractivity contribution in [2.75, 3.05) is 6.61 Å². The molecule has 4 rings (SSSR count). The van der Waals surface area contributed by atoms with Crippen LogP contribution in [0, 0.1) is 12.8 Å². The number of hydrogen-bond acceptors (Lipinski definition) is 8. The van der Waals surface area contributed by atoms with Gasteiger partial charge in [-0.1, -0.05) is 39.6 Å². The Morgan fingerprint density at radius 3 is 2.56 bits per heavy atom. The molecule has 2 amide bonds. The largest absolute Gasteiger partial charge is 0.461 e. The van der Waals surface area contributed by atoms with Gasteiger partial charge in [-0.25, -0.2) is 14.1 Å². The Balaban J connectivity index is 1.54. The summed E-state index contributed by atoms with van der Waals surface area (Å²) in [5.41, 5.74) is -2.73. The van der Waals surface area contributed by atoms with E-state index in [1.54, 1.807) is 6.92 Å². The summed E-state index contributed by atoms with van der Waals surface area (Å²) in [4.78, 5) is 47.3. The summed E-state index contributed by atoms with van der Waals surface area (Å²) < 4.78 is 61.5. The molecule has 3 aliphatic rings. The predicted octanol–water partition coefficient (Wildman–Crippen LogP) is 4.86. The van der Waals surface area contributed by atoms with Gasteiger partial charge in [-0.3, -0.25) is 9.59 Å². The average Bonchev–Trinajstić information content (AvgIpc) is 3.60. The molecule has 0 spiro atoms. The Labute approximate surface area is 228 Å². The van der Waals surface area contributed by atoms with Gasteiger partial charge < -0.3 is 14.4 Å². The second-order valence-electron chi connectivity index (χ2n) is 8.72. The van der Waals surface area contributed by atoms with E-state index >= 15 is 0 Å². The van der Waals surface area contributed by atoms with Gasteiger partial charge in [-0.15, -0.1) is 0 Å². The van der Waals surface area contributed by atoms with Crippen molar-refractivity contribution in [3.8, 4) is 0 Å². The van der Waals surface area contributed by atoms with Crippen LogP contribution in [0.3, 0.4) is 0 Å². The zero-order valence-electron chi connectivity index (χ0n) is 20.2. The maximum absolute atomic E-state index is 14.2. The maximum atomic E-state index is 14.2. The molecule has 1 aromatic rings. The number of alkyl halides is 3. The van der Waals surface area contributed by atoms with Crippen LogP contribution in [0.5, 0.6) is 0 Å². The number of imide groups is 1. The Morgan fingerprint density at radius 1 is 1.28 bits per heavy atom. The number of allylic oxidation sites excluding steroid dienone is 2. The smallest absolute Gasteiger partial charge is 0.432 e. The monoisotopic (exact) mass is 591 g/mol. The van der Waals surface area contributed by atoms with Gasteiger partial charge in [0.25, 0.3) is 5.91 Å². The van der Waals surface area contributed by atoms with Crippen molar-refractivity contribution < 1.29 is 46.4 Å². The topological polar surface area (TPSA) is 107 Å². The van der Waals surface area contributed by atoms with Gasteiger partial charge in [0.1, 0.15) is 0 Å². The Hall–Kier alpha value is -3.45. The molecule has 0 aromatic heterocycles. The summed E-state index contributed by atoms with van der Waals surface area (Å²) in [5.74, 6) is -4.48. The van der Waals surface area contributed by atoms with E-state index < -0.39 is 58.1 Å². The van der Waals surface area contributed by atoms with E-state index in [2.05, 4.69) is 10.3 Å². The molecule has 2 aliphatic heterocycles. The first-order valence-corrected chi connectivity index (χ1v) is 12.1. The Morgan fingerprint density at radius 2 is 2.00 bits per heavy atom. The SMILES string of the molecule is CCOC(=O)C1=NOC(N(C=O)C(=O)c2ccc(C3=NO[C@@](C4C=C(Cl)C(F)=C4Cl)(C(F)(F)F)C3)cc2C)C1. The molecule has 39 heavy (non-hydrogen) atoms. The summed E-state index contributed by atoms with van der Waals surface area (Å²) in [7, 11) is 0. The molecule has 0 radical (unpaired) electrons. The zero-order chi connectivity index (χ0) is 28.7. The van der Waals surface area contributed by atoms with E-state index in [1.807, 2.05) is 0 Å². The number of nitrogens with zero attached hydrogens (tertiary/aromatic N) is 3. The minimum atomic E-state index is -5.01. The highest BCUT2D eigenvalue weighted by Gasteiger charge is 2.66. The van der Waals surface area contributed by atoms with Crippen LogP contribution in [-0.4, -0.2) is 59.2 Å². The number of aryl methyl sites for hydroxylation is 1. The molecule has 3 atom stereocenters. The number of ether oxygens (including phenoxy) is 1. The first-order chi connectivity index (χ1) is 18.3. The molecule has 0 saturated carbocycles. The molecular formula is C24H19Cl2F4N3O6. The van der Waals surface area contributed by atoms with E-state index in [0.29, 0.717) is 4.90 Å². The fraction of sp³-hybridized carbons (Fsp3) is 0.375. The molecular weight excluding hydrogens is 573 g/mol. The lowest BCUT2D eigenvalue weighted by molar-refractivity contribution is -0.278. The molecule has 2 heterocycles.